The highest BCUT2D eigenvalue weighted by Gasteiger charge is 2.16. The van der Waals surface area contributed by atoms with Crippen molar-refractivity contribution in [1.82, 2.24) is 0 Å². The molecule has 0 bridgehead atoms. The second-order valence-corrected chi connectivity index (χ2v) is 7.32. The molecule has 1 amide bonds. The standard InChI is InChI=1S/C16H14ClFN2O5S/c1-26(23,24)20-13-5-3-2-4-11(13)16(22)25-9-15(21)19-14-7-6-10(18)8-12(14)17/h2-8,20H,9H2,1H3,(H,19,21). The lowest BCUT2D eigenvalue weighted by Crippen LogP contribution is -2.22. The first-order chi connectivity index (χ1) is 12.2. The van der Waals surface area contributed by atoms with Gasteiger partial charge in [0, 0.05) is 0 Å². The van der Waals surface area contributed by atoms with Crippen molar-refractivity contribution in [2.75, 3.05) is 22.9 Å². The molecule has 0 unspecified atom stereocenters. The predicted molar refractivity (Wildman–Crippen MR) is 95.2 cm³/mol. The van der Waals surface area contributed by atoms with E-state index >= 15 is 0 Å². The molecular formula is C16H14ClFN2O5S. The third-order valence-electron chi connectivity index (χ3n) is 2.98. The van der Waals surface area contributed by atoms with E-state index < -0.39 is 34.3 Å². The first kappa shape index (κ1) is 19.7. The summed E-state index contributed by atoms with van der Waals surface area (Å²) in [5.41, 5.74) is 0.140. The van der Waals surface area contributed by atoms with Crippen LogP contribution in [0.2, 0.25) is 5.02 Å². The number of halogens is 2. The summed E-state index contributed by atoms with van der Waals surface area (Å²) in [6, 6.07) is 9.19. The maximum atomic E-state index is 13.0. The molecule has 0 atom stereocenters. The van der Waals surface area contributed by atoms with Gasteiger partial charge < -0.3 is 10.1 Å². The van der Waals surface area contributed by atoms with Crippen molar-refractivity contribution in [3.63, 3.8) is 0 Å². The van der Waals surface area contributed by atoms with Crippen LogP contribution in [0.1, 0.15) is 10.4 Å². The van der Waals surface area contributed by atoms with Crippen molar-refractivity contribution >= 4 is 44.9 Å². The van der Waals surface area contributed by atoms with E-state index in [1.54, 1.807) is 0 Å². The van der Waals surface area contributed by atoms with Gasteiger partial charge in [-0.3, -0.25) is 9.52 Å². The van der Waals surface area contributed by atoms with Crippen molar-refractivity contribution < 1.29 is 27.1 Å². The molecule has 2 N–H and O–H groups in total. The molecule has 26 heavy (non-hydrogen) atoms. The molecule has 2 rings (SSSR count). The molecule has 0 saturated carbocycles. The highest BCUT2D eigenvalue weighted by molar-refractivity contribution is 7.92. The monoisotopic (exact) mass is 400 g/mol. The lowest BCUT2D eigenvalue weighted by Gasteiger charge is -2.11. The number of hydrogen-bond donors (Lipinski definition) is 2. The van der Waals surface area contributed by atoms with E-state index in [4.69, 9.17) is 16.3 Å². The summed E-state index contributed by atoms with van der Waals surface area (Å²) in [5, 5.41) is 2.36. The normalized spacial score (nSPS) is 10.9. The fourth-order valence-electron chi connectivity index (χ4n) is 1.94. The number of hydrogen-bond acceptors (Lipinski definition) is 5. The smallest absolute Gasteiger partial charge is 0.340 e. The minimum absolute atomic E-state index is 0.00706. The average molecular weight is 401 g/mol. The van der Waals surface area contributed by atoms with E-state index in [1.807, 2.05) is 0 Å². The Labute approximate surface area is 154 Å². The van der Waals surface area contributed by atoms with Crippen molar-refractivity contribution in [1.29, 1.82) is 0 Å². The Balaban J connectivity index is 2.01. The molecule has 2 aromatic rings. The van der Waals surface area contributed by atoms with Crippen LogP contribution >= 0.6 is 11.6 Å². The van der Waals surface area contributed by atoms with E-state index in [9.17, 15) is 22.4 Å². The van der Waals surface area contributed by atoms with E-state index in [2.05, 4.69) is 10.0 Å². The number of esters is 1. The Kier molecular flexibility index (Phi) is 6.17. The van der Waals surface area contributed by atoms with Gasteiger partial charge in [0.25, 0.3) is 5.91 Å². The van der Waals surface area contributed by atoms with Gasteiger partial charge in [-0.05, 0) is 30.3 Å². The van der Waals surface area contributed by atoms with Gasteiger partial charge in [-0.1, -0.05) is 23.7 Å². The fraction of sp³-hybridized carbons (Fsp3) is 0.125. The topological polar surface area (TPSA) is 102 Å². The maximum absolute atomic E-state index is 13.0. The van der Waals surface area contributed by atoms with Gasteiger partial charge in [0.15, 0.2) is 6.61 Å². The number of amides is 1. The van der Waals surface area contributed by atoms with Crippen LogP contribution in [-0.4, -0.2) is 33.2 Å². The van der Waals surface area contributed by atoms with Crippen molar-refractivity contribution in [3.8, 4) is 0 Å². The summed E-state index contributed by atoms with van der Waals surface area (Å²) in [4.78, 5) is 24.0. The van der Waals surface area contributed by atoms with Gasteiger partial charge in [-0.15, -0.1) is 0 Å². The van der Waals surface area contributed by atoms with E-state index in [1.165, 1.54) is 30.3 Å². The van der Waals surface area contributed by atoms with Crippen LogP contribution in [0.5, 0.6) is 0 Å². The molecule has 0 fully saturated rings. The van der Waals surface area contributed by atoms with Crippen molar-refractivity contribution in [2.45, 2.75) is 0 Å². The van der Waals surface area contributed by atoms with Gasteiger partial charge in [0.05, 0.1) is 28.2 Å². The van der Waals surface area contributed by atoms with Crippen LogP contribution in [0, 0.1) is 5.82 Å². The van der Waals surface area contributed by atoms with Crippen LogP contribution < -0.4 is 10.0 Å². The van der Waals surface area contributed by atoms with Gasteiger partial charge in [-0.25, -0.2) is 17.6 Å². The van der Waals surface area contributed by atoms with Crippen LogP contribution in [0.15, 0.2) is 42.5 Å². The highest BCUT2D eigenvalue weighted by atomic mass is 35.5. The molecule has 0 aliphatic carbocycles. The first-order valence-electron chi connectivity index (χ1n) is 7.14. The highest BCUT2D eigenvalue weighted by Crippen LogP contribution is 2.22. The summed E-state index contributed by atoms with van der Waals surface area (Å²) < 4.78 is 42.7. The Morgan fingerprint density at radius 1 is 1.15 bits per heavy atom. The molecule has 0 spiro atoms. The molecule has 0 aliphatic rings. The molecule has 0 aliphatic heterocycles. The van der Waals surface area contributed by atoms with Gasteiger partial charge in [0.2, 0.25) is 10.0 Å². The third-order valence-corrected chi connectivity index (χ3v) is 3.89. The molecule has 7 nitrogen and oxygen atoms in total. The molecule has 0 radical (unpaired) electrons. The number of anilines is 2. The summed E-state index contributed by atoms with van der Waals surface area (Å²) >= 11 is 5.79. The zero-order chi connectivity index (χ0) is 19.3. The lowest BCUT2D eigenvalue weighted by molar-refractivity contribution is -0.119. The molecule has 0 saturated heterocycles. The number of rotatable bonds is 6. The SMILES string of the molecule is CS(=O)(=O)Nc1ccccc1C(=O)OCC(=O)Nc1ccc(F)cc1Cl. The van der Waals surface area contributed by atoms with Gasteiger partial charge in [0.1, 0.15) is 5.82 Å². The zero-order valence-electron chi connectivity index (χ0n) is 13.5. The second-order valence-electron chi connectivity index (χ2n) is 5.17. The minimum Gasteiger partial charge on any atom is -0.452 e. The first-order valence-corrected chi connectivity index (χ1v) is 9.41. The van der Waals surface area contributed by atoms with Crippen molar-refractivity contribution in [2.24, 2.45) is 0 Å². The molecule has 2 aromatic carbocycles. The summed E-state index contributed by atoms with van der Waals surface area (Å²) in [7, 11) is -3.60. The Morgan fingerprint density at radius 3 is 2.50 bits per heavy atom. The van der Waals surface area contributed by atoms with Crippen molar-refractivity contribution in [3.05, 3.63) is 58.9 Å². The number of benzene rings is 2. The van der Waals surface area contributed by atoms with E-state index in [0.29, 0.717) is 0 Å². The predicted octanol–water partition coefficient (Wildman–Crippen LogP) is 2.65. The van der Waals surface area contributed by atoms with Crippen LogP contribution in [0.3, 0.4) is 0 Å². The molecular weight excluding hydrogens is 387 g/mol. The molecule has 0 heterocycles. The van der Waals surface area contributed by atoms with E-state index in [0.717, 1.165) is 18.4 Å². The quantitative estimate of drug-likeness (QED) is 0.726. The minimum atomic E-state index is -3.60. The van der Waals surface area contributed by atoms with Gasteiger partial charge >= 0.3 is 5.97 Å². The number of carbonyl (C=O) groups excluding carboxylic acids is 2. The summed E-state index contributed by atoms with van der Waals surface area (Å²) in [6.07, 6.45) is 0.939. The van der Waals surface area contributed by atoms with Crippen LogP contribution in [-0.2, 0) is 19.6 Å². The lowest BCUT2D eigenvalue weighted by atomic mass is 10.2. The van der Waals surface area contributed by atoms with E-state index in [-0.39, 0.29) is 22.0 Å². The average Bonchev–Trinajstić information content (AvgIpc) is 2.54. The van der Waals surface area contributed by atoms with Gasteiger partial charge in [-0.2, -0.15) is 0 Å². The zero-order valence-corrected chi connectivity index (χ0v) is 15.0. The second kappa shape index (κ2) is 8.15. The summed E-state index contributed by atoms with van der Waals surface area (Å²) in [5.74, 6) is -2.15. The number of ether oxygens (including phenoxy) is 1. The molecule has 10 heteroatoms. The van der Waals surface area contributed by atoms with Crippen LogP contribution in [0.4, 0.5) is 15.8 Å². The van der Waals surface area contributed by atoms with Crippen LogP contribution in [0.25, 0.3) is 0 Å². The Hall–Kier alpha value is -2.65. The number of nitrogens with one attached hydrogen (secondary N) is 2. The largest absolute Gasteiger partial charge is 0.452 e. The Morgan fingerprint density at radius 2 is 1.85 bits per heavy atom. The third kappa shape index (κ3) is 5.71. The number of carbonyl (C=O) groups is 2. The summed E-state index contributed by atoms with van der Waals surface area (Å²) in [6.45, 7) is -0.639. The maximum Gasteiger partial charge on any atom is 0.340 e. The molecule has 138 valence electrons. The Bertz CT molecular complexity index is 949. The number of para-hydroxylation sites is 1. The number of sulfonamides is 1. The molecule has 0 aromatic heterocycles. The fourth-order valence-corrected chi connectivity index (χ4v) is 2.73.